The number of hydrogen-bond acceptors (Lipinski definition) is 7. The summed E-state index contributed by atoms with van der Waals surface area (Å²) in [5.74, 6) is 0.641. The molecular formula is C21H22BrN7O3S. The molecule has 1 aromatic heterocycles. The van der Waals surface area contributed by atoms with Gasteiger partial charge in [0.15, 0.2) is 0 Å². The number of para-hydroxylation sites is 1. The van der Waals surface area contributed by atoms with Crippen molar-refractivity contribution in [2.24, 2.45) is 5.14 Å². The molecule has 2 heterocycles. The minimum atomic E-state index is -3.71. The molecule has 0 fully saturated rings. The van der Waals surface area contributed by atoms with Crippen LogP contribution in [0.2, 0.25) is 0 Å². The fourth-order valence-corrected chi connectivity index (χ4v) is 4.47. The van der Waals surface area contributed by atoms with Gasteiger partial charge in [-0.2, -0.15) is 17.7 Å². The smallest absolute Gasteiger partial charge is 0.277 e. The summed E-state index contributed by atoms with van der Waals surface area (Å²) in [5, 5.41) is 14.2. The minimum absolute atomic E-state index is 0.211. The molecule has 0 spiro atoms. The largest absolute Gasteiger partial charge is 0.355 e. The molecule has 3 aromatic rings. The zero-order valence-electron chi connectivity index (χ0n) is 17.7. The van der Waals surface area contributed by atoms with Crippen molar-refractivity contribution >= 4 is 55.2 Å². The van der Waals surface area contributed by atoms with Crippen LogP contribution in [0.5, 0.6) is 0 Å². The van der Waals surface area contributed by atoms with Crippen molar-refractivity contribution in [2.45, 2.75) is 13.0 Å². The lowest BCUT2D eigenvalue weighted by atomic mass is 10.0. The normalized spacial score (nSPS) is 13.8. The van der Waals surface area contributed by atoms with E-state index in [1.807, 2.05) is 24.3 Å². The maximum atomic E-state index is 12.2. The van der Waals surface area contributed by atoms with E-state index in [4.69, 9.17) is 5.14 Å². The molecule has 0 saturated carbocycles. The van der Waals surface area contributed by atoms with E-state index in [1.54, 1.807) is 31.4 Å². The molecule has 172 valence electrons. The molecule has 33 heavy (non-hydrogen) atoms. The lowest BCUT2D eigenvalue weighted by Gasteiger charge is -2.26. The van der Waals surface area contributed by atoms with Gasteiger partial charge in [0.1, 0.15) is 5.82 Å². The van der Waals surface area contributed by atoms with Crippen LogP contribution in [0.1, 0.15) is 21.5 Å². The van der Waals surface area contributed by atoms with E-state index in [1.165, 1.54) is 4.31 Å². The lowest BCUT2D eigenvalue weighted by molar-refractivity contribution is 0.0964. The summed E-state index contributed by atoms with van der Waals surface area (Å²) in [4.78, 5) is 21.0. The van der Waals surface area contributed by atoms with E-state index in [2.05, 4.69) is 41.8 Å². The third kappa shape index (κ3) is 5.30. The first kappa shape index (κ1) is 23.1. The first-order valence-corrected chi connectivity index (χ1v) is 12.3. The van der Waals surface area contributed by atoms with Crippen molar-refractivity contribution in [1.82, 2.24) is 19.6 Å². The molecule has 12 heteroatoms. The van der Waals surface area contributed by atoms with E-state index in [0.717, 1.165) is 16.8 Å². The number of carbonyl (C=O) groups excluding carboxylic acids is 1. The third-order valence-corrected chi connectivity index (χ3v) is 6.81. The number of nitrogens with one attached hydrogen (secondary N) is 3. The van der Waals surface area contributed by atoms with Crippen molar-refractivity contribution < 1.29 is 13.2 Å². The Morgan fingerprint density at radius 2 is 1.94 bits per heavy atom. The van der Waals surface area contributed by atoms with Crippen LogP contribution in [0.4, 0.5) is 23.1 Å². The van der Waals surface area contributed by atoms with E-state index >= 15 is 0 Å². The summed E-state index contributed by atoms with van der Waals surface area (Å²) in [7, 11) is -2.13. The Kier molecular flexibility index (Phi) is 6.61. The van der Waals surface area contributed by atoms with Crippen molar-refractivity contribution in [3.8, 4) is 0 Å². The van der Waals surface area contributed by atoms with Gasteiger partial charge in [-0.25, -0.2) is 10.1 Å². The fourth-order valence-electron chi connectivity index (χ4n) is 3.52. The summed E-state index contributed by atoms with van der Waals surface area (Å²) in [6.07, 6.45) is 2.17. The first-order valence-electron chi connectivity index (χ1n) is 10.0. The van der Waals surface area contributed by atoms with Crippen LogP contribution in [0.15, 0.2) is 53.1 Å². The van der Waals surface area contributed by atoms with Crippen LogP contribution >= 0.6 is 15.9 Å². The number of carbonyl (C=O) groups is 1. The van der Waals surface area contributed by atoms with Crippen molar-refractivity contribution in [2.75, 3.05) is 24.2 Å². The Bertz CT molecular complexity index is 1320. The molecule has 0 radical (unpaired) electrons. The number of amides is 1. The van der Waals surface area contributed by atoms with Gasteiger partial charge in [-0.05, 0) is 57.7 Å². The summed E-state index contributed by atoms with van der Waals surface area (Å²) < 4.78 is 25.1. The second-order valence-corrected chi connectivity index (χ2v) is 9.78. The Morgan fingerprint density at radius 3 is 2.70 bits per heavy atom. The Balaban J connectivity index is 1.55. The predicted octanol–water partition coefficient (Wildman–Crippen LogP) is 2.65. The maximum absolute atomic E-state index is 12.2. The Hall–Kier alpha value is -3.06. The average Bonchev–Trinajstić information content (AvgIpc) is 2.80. The SMILES string of the molecule is CNC(=O)c1ccccc1Nc1nc(Nc2ccc3c(c2)CCN(S(N)(=O)=O)C3)ncc1Br. The Labute approximate surface area is 199 Å². The van der Waals surface area contributed by atoms with Crippen LogP contribution in [0.3, 0.4) is 0 Å². The van der Waals surface area contributed by atoms with Gasteiger partial charge in [0.25, 0.3) is 16.1 Å². The highest BCUT2D eigenvalue weighted by Gasteiger charge is 2.23. The lowest BCUT2D eigenvalue weighted by Crippen LogP contribution is -2.40. The zero-order chi connectivity index (χ0) is 23.6. The van der Waals surface area contributed by atoms with Gasteiger partial charge in [0.05, 0.1) is 15.7 Å². The number of rotatable bonds is 6. The summed E-state index contributed by atoms with van der Waals surface area (Å²) in [6, 6.07) is 12.8. The number of benzene rings is 2. The number of hydrogen-bond donors (Lipinski definition) is 4. The van der Waals surface area contributed by atoms with Gasteiger partial charge < -0.3 is 16.0 Å². The number of fused-ring (bicyclic) bond motifs is 1. The fraction of sp³-hybridized carbons (Fsp3) is 0.190. The molecule has 0 aliphatic carbocycles. The molecule has 0 unspecified atom stereocenters. The van der Waals surface area contributed by atoms with Crippen LogP contribution < -0.4 is 21.1 Å². The third-order valence-electron chi connectivity index (χ3n) is 5.20. The van der Waals surface area contributed by atoms with Crippen LogP contribution in [-0.4, -0.2) is 42.2 Å². The topological polar surface area (TPSA) is 142 Å². The molecule has 1 aliphatic rings. The van der Waals surface area contributed by atoms with Gasteiger partial charge in [-0.1, -0.05) is 18.2 Å². The Morgan fingerprint density at radius 1 is 1.15 bits per heavy atom. The van der Waals surface area contributed by atoms with Gasteiger partial charge in [0, 0.05) is 32.0 Å². The van der Waals surface area contributed by atoms with Gasteiger partial charge in [-0.15, -0.1) is 0 Å². The summed E-state index contributed by atoms with van der Waals surface area (Å²) in [5.41, 5.74) is 3.82. The van der Waals surface area contributed by atoms with Crippen molar-refractivity contribution in [3.63, 3.8) is 0 Å². The molecule has 0 atom stereocenters. The van der Waals surface area contributed by atoms with Crippen LogP contribution in [0.25, 0.3) is 0 Å². The maximum Gasteiger partial charge on any atom is 0.277 e. The van der Waals surface area contributed by atoms with Crippen molar-refractivity contribution in [3.05, 3.63) is 69.8 Å². The quantitative estimate of drug-likeness (QED) is 0.382. The molecule has 0 saturated heterocycles. The molecular weight excluding hydrogens is 510 g/mol. The standard InChI is InChI=1S/C21H22BrN7O3S/c1-24-20(30)16-4-2-3-5-18(16)27-19-17(22)11-25-21(28-19)26-15-7-6-14-12-29(33(23,31)32)9-8-13(14)10-15/h2-7,10-11H,8-9,12H2,1H3,(H,24,30)(H2,23,31,32)(H2,25,26,27,28). The van der Waals surface area contributed by atoms with E-state index in [9.17, 15) is 13.2 Å². The molecule has 10 nitrogen and oxygen atoms in total. The minimum Gasteiger partial charge on any atom is -0.355 e. The second kappa shape index (κ2) is 9.43. The molecule has 2 aromatic carbocycles. The molecule has 1 amide bonds. The van der Waals surface area contributed by atoms with Gasteiger partial charge >= 0.3 is 0 Å². The summed E-state index contributed by atoms with van der Waals surface area (Å²) >= 11 is 3.44. The summed E-state index contributed by atoms with van der Waals surface area (Å²) in [6.45, 7) is 0.588. The highest BCUT2D eigenvalue weighted by atomic mass is 79.9. The average molecular weight is 532 g/mol. The van der Waals surface area contributed by atoms with E-state index in [0.29, 0.717) is 40.5 Å². The molecule has 5 N–H and O–H groups in total. The molecule has 4 rings (SSSR count). The number of aromatic nitrogens is 2. The van der Waals surface area contributed by atoms with E-state index in [-0.39, 0.29) is 12.5 Å². The van der Waals surface area contributed by atoms with Crippen molar-refractivity contribution in [1.29, 1.82) is 0 Å². The highest BCUT2D eigenvalue weighted by molar-refractivity contribution is 9.10. The molecule has 0 bridgehead atoms. The molecule has 1 aliphatic heterocycles. The predicted molar refractivity (Wildman–Crippen MR) is 130 cm³/mol. The van der Waals surface area contributed by atoms with E-state index < -0.39 is 10.2 Å². The number of anilines is 4. The first-order chi connectivity index (χ1) is 15.7. The number of nitrogens with zero attached hydrogens (tertiary/aromatic N) is 3. The number of nitrogens with two attached hydrogens (primary N) is 1. The second-order valence-electron chi connectivity index (χ2n) is 7.38. The van der Waals surface area contributed by atoms with Crippen LogP contribution in [0, 0.1) is 0 Å². The highest BCUT2D eigenvalue weighted by Crippen LogP contribution is 2.28. The van der Waals surface area contributed by atoms with Gasteiger partial charge in [0.2, 0.25) is 5.95 Å². The van der Waals surface area contributed by atoms with Crippen LogP contribution in [-0.2, 0) is 23.2 Å². The monoisotopic (exact) mass is 531 g/mol. The number of halogens is 1. The zero-order valence-corrected chi connectivity index (χ0v) is 20.1. The van der Waals surface area contributed by atoms with Gasteiger partial charge in [-0.3, -0.25) is 4.79 Å².